The zero-order chi connectivity index (χ0) is 17.2. The van der Waals surface area contributed by atoms with E-state index in [4.69, 9.17) is 0 Å². The summed E-state index contributed by atoms with van der Waals surface area (Å²) in [4.78, 5) is 0. The van der Waals surface area contributed by atoms with Crippen LogP contribution in [0.2, 0.25) is 0 Å². The first-order chi connectivity index (χ1) is 9.84. The maximum Gasteiger partial charge on any atom is 0.0625 e. The van der Waals surface area contributed by atoms with E-state index in [9.17, 15) is 0 Å². The van der Waals surface area contributed by atoms with E-state index in [-0.39, 0.29) is 0 Å². The van der Waals surface area contributed by atoms with Crippen LogP contribution < -0.4 is 0 Å². The van der Waals surface area contributed by atoms with Crippen LogP contribution in [-0.4, -0.2) is 20.0 Å². The molecular formula is C17H34N4. The number of nitrogens with one attached hydrogen (secondary N) is 1. The zero-order valence-corrected chi connectivity index (χ0v) is 15.8. The van der Waals surface area contributed by atoms with Crippen LogP contribution in [0, 0.1) is 41.5 Å². The molecule has 2 rings (SSSR count). The van der Waals surface area contributed by atoms with Gasteiger partial charge in [-0.25, -0.2) is 0 Å². The first-order valence-electron chi connectivity index (χ1n) is 7.79. The molecule has 2 aromatic rings. The molecule has 1 N–H and O–H groups in total. The van der Waals surface area contributed by atoms with E-state index in [2.05, 4.69) is 36.1 Å². The lowest BCUT2D eigenvalue weighted by atomic mass is 10.2. The highest BCUT2D eigenvalue weighted by Crippen LogP contribution is 2.08. The van der Waals surface area contributed by atoms with Gasteiger partial charge in [0.25, 0.3) is 0 Å². The Morgan fingerprint density at radius 2 is 1.24 bits per heavy atom. The van der Waals surface area contributed by atoms with Crippen molar-refractivity contribution in [1.82, 2.24) is 20.0 Å². The van der Waals surface area contributed by atoms with Crippen molar-refractivity contribution in [2.24, 2.45) is 7.05 Å². The Balaban J connectivity index is 0. The van der Waals surface area contributed by atoms with Gasteiger partial charge >= 0.3 is 0 Å². The second-order valence-electron chi connectivity index (χ2n) is 4.48. The predicted molar refractivity (Wildman–Crippen MR) is 92.9 cm³/mol. The summed E-state index contributed by atoms with van der Waals surface area (Å²) in [5.41, 5.74) is 7.23. The van der Waals surface area contributed by atoms with Gasteiger partial charge in [0.15, 0.2) is 0 Å². The molecule has 0 spiro atoms. The van der Waals surface area contributed by atoms with Crippen LogP contribution in [-0.2, 0) is 7.05 Å². The number of hydrogen-bond acceptors (Lipinski definition) is 2. The predicted octanol–water partition coefficient (Wildman–Crippen LogP) is 4.73. The van der Waals surface area contributed by atoms with Crippen molar-refractivity contribution in [2.45, 2.75) is 69.2 Å². The number of aromatic nitrogens is 4. The monoisotopic (exact) mass is 294 g/mol. The standard InChI is InChI=1S/C7H12N2.C6H10N2.2C2H6/c1-5-6(2)8-9(4)7(5)3;1-4-5(2)7-8-6(4)3;2*1-2/h1-4H3;1-3H3,(H,7,8);2*1-2H3. The summed E-state index contributed by atoms with van der Waals surface area (Å²) in [5, 5.41) is 11.1. The van der Waals surface area contributed by atoms with Crippen molar-refractivity contribution in [1.29, 1.82) is 0 Å². The Bertz CT molecular complexity index is 465. The van der Waals surface area contributed by atoms with Gasteiger partial charge in [0.2, 0.25) is 0 Å². The summed E-state index contributed by atoms with van der Waals surface area (Å²) in [7, 11) is 1.97. The lowest BCUT2D eigenvalue weighted by Gasteiger charge is -1.90. The van der Waals surface area contributed by atoms with Gasteiger partial charge in [0.1, 0.15) is 0 Å². The Labute approximate surface area is 131 Å². The Morgan fingerprint density at radius 1 is 0.762 bits per heavy atom. The first-order valence-corrected chi connectivity index (χ1v) is 7.79. The molecule has 0 saturated carbocycles. The van der Waals surface area contributed by atoms with Crippen LogP contribution in [0.15, 0.2) is 0 Å². The fraction of sp³-hybridized carbons (Fsp3) is 0.647. The van der Waals surface area contributed by atoms with Crippen LogP contribution in [0.25, 0.3) is 0 Å². The summed E-state index contributed by atoms with van der Waals surface area (Å²) >= 11 is 0. The van der Waals surface area contributed by atoms with E-state index in [1.165, 1.54) is 22.5 Å². The fourth-order valence-electron chi connectivity index (χ4n) is 1.49. The number of H-pyrrole nitrogens is 1. The average Bonchev–Trinajstić information content (AvgIpc) is 2.92. The highest BCUT2D eigenvalue weighted by molar-refractivity contribution is 5.21. The highest BCUT2D eigenvalue weighted by Gasteiger charge is 2.01. The van der Waals surface area contributed by atoms with Gasteiger partial charge in [-0.1, -0.05) is 27.7 Å². The molecule has 2 heterocycles. The molecule has 0 aromatic carbocycles. The molecule has 0 unspecified atom stereocenters. The molecule has 0 saturated heterocycles. The van der Waals surface area contributed by atoms with Crippen LogP contribution in [0.1, 0.15) is 61.6 Å². The van der Waals surface area contributed by atoms with E-state index in [1.807, 2.05) is 60.2 Å². The Kier molecular flexibility index (Phi) is 11.5. The minimum atomic E-state index is 1.10. The van der Waals surface area contributed by atoms with Crippen LogP contribution >= 0.6 is 0 Å². The summed E-state index contributed by atoms with van der Waals surface area (Å²) in [6, 6.07) is 0. The molecule has 4 heteroatoms. The number of nitrogens with zero attached hydrogens (tertiary/aromatic N) is 3. The van der Waals surface area contributed by atoms with Crippen molar-refractivity contribution < 1.29 is 0 Å². The molecule has 0 bridgehead atoms. The van der Waals surface area contributed by atoms with Crippen molar-refractivity contribution in [3.8, 4) is 0 Å². The smallest absolute Gasteiger partial charge is 0.0625 e. The minimum Gasteiger partial charge on any atom is -0.282 e. The van der Waals surface area contributed by atoms with E-state index in [0.29, 0.717) is 0 Å². The lowest BCUT2D eigenvalue weighted by Crippen LogP contribution is -1.92. The van der Waals surface area contributed by atoms with E-state index in [0.717, 1.165) is 11.4 Å². The SMILES string of the molecule is CC.CC.Cc1n[nH]c(C)c1C.Cc1nn(C)c(C)c1C. The first kappa shape index (κ1) is 21.7. The lowest BCUT2D eigenvalue weighted by molar-refractivity contribution is 0.730. The quantitative estimate of drug-likeness (QED) is 0.763. The third-order valence-corrected chi connectivity index (χ3v) is 3.37. The number of rotatable bonds is 0. The Hall–Kier alpha value is -1.58. The minimum absolute atomic E-state index is 1.10. The van der Waals surface area contributed by atoms with E-state index < -0.39 is 0 Å². The molecule has 0 aliphatic carbocycles. The molecule has 0 fully saturated rings. The van der Waals surface area contributed by atoms with Gasteiger partial charge in [0, 0.05) is 18.4 Å². The van der Waals surface area contributed by atoms with Crippen molar-refractivity contribution in [3.05, 3.63) is 33.9 Å². The molecule has 0 radical (unpaired) electrons. The van der Waals surface area contributed by atoms with Crippen molar-refractivity contribution >= 4 is 0 Å². The van der Waals surface area contributed by atoms with Gasteiger partial charge in [-0.05, 0) is 52.7 Å². The van der Waals surface area contributed by atoms with E-state index >= 15 is 0 Å². The van der Waals surface area contributed by atoms with E-state index in [1.54, 1.807) is 0 Å². The van der Waals surface area contributed by atoms with Gasteiger partial charge in [-0.3, -0.25) is 9.78 Å². The second-order valence-corrected chi connectivity index (χ2v) is 4.48. The zero-order valence-electron chi connectivity index (χ0n) is 15.8. The maximum absolute atomic E-state index is 4.23. The molecule has 0 atom stereocenters. The van der Waals surface area contributed by atoms with Crippen LogP contribution in [0.5, 0.6) is 0 Å². The number of hydrogen-bond donors (Lipinski definition) is 1. The normalized spacial score (nSPS) is 8.71. The van der Waals surface area contributed by atoms with Gasteiger partial charge in [0.05, 0.1) is 11.4 Å². The van der Waals surface area contributed by atoms with Gasteiger partial charge < -0.3 is 0 Å². The number of aromatic amines is 1. The van der Waals surface area contributed by atoms with Crippen molar-refractivity contribution in [3.63, 3.8) is 0 Å². The molecule has 0 amide bonds. The molecule has 0 aliphatic heterocycles. The van der Waals surface area contributed by atoms with Gasteiger partial charge in [-0.2, -0.15) is 10.2 Å². The molecule has 4 nitrogen and oxygen atoms in total. The number of aryl methyl sites for hydroxylation is 4. The molecule has 0 aliphatic rings. The topological polar surface area (TPSA) is 46.5 Å². The largest absolute Gasteiger partial charge is 0.282 e. The average molecular weight is 294 g/mol. The molecule has 21 heavy (non-hydrogen) atoms. The summed E-state index contributed by atoms with van der Waals surface area (Å²) in [5.74, 6) is 0. The summed E-state index contributed by atoms with van der Waals surface area (Å²) < 4.78 is 1.91. The van der Waals surface area contributed by atoms with Gasteiger partial charge in [-0.15, -0.1) is 0 Å². The molecule has 122 valence electrons. The second kappa shape index (κ2) is 11.1. The van der Waals surface area contributed by atoms with Crippen LogP contribution in [0.4, 0.5) is 0 Å². The third-order valence-electron chi connectivity index (χ3n) is 3.37. The summed E-state index contributed by atoms with van der Waals surface area (Å²) in [6.45, 7) is 20.3. The van der Waals surface area contributed by atoms with Crippen LogP contribution in [0.3, 0.4) is 0 Å². The maximum atomic E-state index is 4.23. The third kappa shape index (κ3) is 6.61. The van der Waals surface area contributed by atoms with Crippen molar-refractivity contribution in [2.75, 3.05) is 0 Å². The Morgan fingerprint density at radius 3 is 1.33 bits per heavy atom. The fourth-order valence-corrected chi connectivity index (χ4v) is 1.49. The highest BCUT2D eigenvalue weighted by atomic mass is 15.3. The molecule has 2 aromatic heterocycles. The summed E-state index contributed by atoms with van der Waals surface area (Å²) in [6.07, 6.45) is 0. The molecular weight excluding hydrogens is 260 g/mol.